The molecule has 0 saturated carbocycles. The second-order valence-corrected chi connectivity index (χ2v) is 6.12. The zero-order valence-electron chi connectivity index (χ0n) is 12.0. The van der Waals surface area contributed by atoms with Crippen LogP contribution in [0.1, 0.15) is 58.8 Å². The molecule has 0 radical (unpaired) electrons. The molecule has 0 fully saturated rings. The largest absolute Gasteiger partial charge is 0.481 e. The van der Waals surface area contributed by atoms with Crippen LogP contribution in [0.15, 0.2) is 0 Å². The third kappa shape index (κ3) is 10.2. The highest BCUT2D eigenvalue weighted by Gasteiger charge is 2.24. The molecule has 0 aromatic heterocycles. The van der Waals surface area contributed by atoms with Crippen LogP contribution in [0.5, 0.6) is 0 Å². The lowest BCUT2D eigenvalue weighted by molar-refractivity contribution is -0.142. The van der Waals surface area contributed by atoms with Crippen LogP contribution in [-0.2, 0) is 4.79 Å². The van der Waals surface area contributed by atoms with Crippen molar-refractivity contribution >= 4 is 17.7 Å². The van der Waals surface area contributed by atoms with Crippen molar-refractivity contribution in [1.29, 1.82) is 0 Å². The third-order valence-corrected chi connectivity index (χ3v) is 4.30. The summed E-state index contributed by atoms with van der Waals surface area (Å²) in [7, 11) is 0. The number of hydrogen-bond donors (Lipinski definition) is 1. The predicted molar refractivity (Wildman–Crippen MR) is 77.1 cm³/mol. The number of carboxylic acid groups (broad SMARTS) is 1. The van der Waals surface area contributed by atoms with Gasteiger partial charge in [0.15, 0.2) is 0 Å². The van der Waals surface area contributed by atoms with Gasteiger partial charge < -0.3 is 5.11 Å². The molecule has 114 valence electrons. The molecule has 0 saturated heterocycles. The molecule has 0 spiro atoms. The van der Waals surface area contributed by atoms with E-state index in [2.05, 4.69) is 0 Å². The Morgan fingerprint density at radius 1 is 1.21 bits per heavy atom. The van der Waals surface area contributed by atoms with Gasteiger partial charge in [0.25, 0.3) is 0 Å². The molecule has 1 atom stereocenters. The molecule has 1 N–H and O–H groups in total. The molecule has 19 heavy (non-hydrogen) atoms. The van der Waals surface area contributed by atoms with Crippen molar-refractivity contribution in [2.24, 2.45) is 5.92 Å². The molecule has 1 unspecified atom stereocenters. The summed E-state index contributed by atoms with van der Waals surface area (Å²) in [6.45, 7) is 3.49. The fourth-order valence-electron chi connectivity index (χ4n) is 1.83. The third-order valence-electron chi connectivity index (χ3n) is 3.20. The fraction of sp³-hybridized carbons (Fsp3) is 0.929. The van der Waals surface area contributed by atoms with E-state index in [0.29, 0.717) is 12.8 Å². The second-order valence-electron chi connectivity index (χ2n) is 4.89. The molecule has 0 aliphatic rings. The van der Waals surface area contributed by atoms with Gasteiger partial charge in [0.1, 0.15) is 0 Å². The highest BCUT2D eigenvalue weighted by molar-refractivity contribution is 7.99. The number of unbranched alkanes of at least 4 members (excludes halogenated alkanes) is 1. The summed E-state index contributed by atoms with van der Waals surface area (Å²) >= 11 is 1.67. The van der Waals surface area contributed by atoms with Crippen molar-refractivity contribution in [2.45, 2.75) is 64.7 Å². The molecule has 0 heterocycles. The Morgan fingerprint density at radius 2 is 1.89 bits per heavy atom. The van der Waals surface area contributed by atoms with Crippen molar-refractivity contribution in [1.82, 2.24) is 0 Å². The van der Waals surface area contributed by atoms with Gasteiger partial charge in [0, 0.05) is 12.8 Å². The van der Waals surface area contributed by atoms with Crippen molar-refractivity contribution in [3.8, 4) is 0 Å². The van der Waals surface area contributed by atoms with Crippen LogP contribution in [0.4, 0.5) is 8.78 Å². The Labute approximate surface area is 119 Å². The highest BCUT2D eigenvalue weighted by Crippen LogP contribution is 2.25. The molecular formula is C14H26F2O2S. The van der Waals surface area contributed by atoms with E-state index in [9.17, 15) is 13.6 Å². The zero-order chi connectivity index (χ0) is 14.7. The average Bonchev–Trinajstić information content (AvgIpc) is 2.36. The molecule has 2 nitrogen and oxygen atoms in total. The van der Waals surface area contributed by atoms with E-state index < -0.39 is 11.9 Å². The van der Waals surface area contributed by atoms with E-state index in [1.54, 1.807) is 11.8 Å². The summed E-state index contributed by atoms with van der Waals surface area (Å²) in [5.41, 5.74) is 0. The first kappa shape index (κ1) is 18.7. The van der Waals surface area contributed by atoms with E-state index in [1.165, 1.54) is 6.92 Å². The van der Waals surface area contributed by atoms with Gasteiger partial charge in [0.05, 0.1) is 5.92 Å². The second kappa shape index (κ2) is 10.5. The molecule has 0 aromatic rings. The summed E-state index contributed by atoms with van der Waals surface area (Å²) < 4.78 is 25.9. The summed E-state index contributed by atoms with van der Waals surface area (Å²) in [6.07, 6.45) is 3.50. The highest BCUT2D eigenvalue weighted by atomic mass is 32.2. The van der Waals surface area contributed by atoms with E-state index >= 15 is 0 Å². The molecule has 0 aliphatic heterocycles. The number of thioether (sulfide) groups is 1. The van der Waals surface area contributed by atoms with Crippen molar-refractivity contribution < 1.29 is 18.7 Å². The topological polar surface area (TPSA) is 37.3 Å². The predicted octanol–water partition coefficient (Wildman–Crippen LogP) is 4.83. The van der Waals surface area contributed by atoms with E-state index in [1.807, 2.05) is 6.92 Å². The van der Waals surface area contributed by atoms with Gasteiger partial charge in [0.2, 0.25) is 5.92 Å². The lowest BCUT2D eigenvalue weighted by atomic mass is 10.0. The van der Waals surface area contributed by atoms with Gasteiger partial charge in [-0.3, -0.25) is 4.79 Å². The van der Waals surface area contributed by atoms with Crippen LogP contribution in [0.2, 0.25) is 0 Å². The van der Waals surface area contributed by atoms with Crippen LogP contribution < -0.4 is 0 Å². The number of carbonyl (C=O) groups is 1. The van der Waals surface area contributed by atoms with Gasteiger partial charge >= 0.3 is 5.97 Å². The number of halogens is 2. The first-order valence-corrected chi connectivity index (χ1v) is 8.26. The van der Waals surface area contributed by atoms with Crippen LogP contribution in [0.3, 0.4) is 0 Å². The van der Waals surface area contributed by atoms with Gasteiger partial charge in [-0.15, -0.1) is 0 Å². The summed E-state index contributed by atoms with van der Waals surface area (Å²) in [5, 5.41) is 8.97. The number of carboxylic acids is 1. The molecule has 0 aliphatic carbocycles. The Balaban J connectivity index is 3.51. The lowest BCUT2D eigenvalue weighted by Gasteiger charge is -2.13. The quantitative estimate of drug-likeness (QED) is 0.524. The zero-order valence-corrected chi connectivity index (χ0v) is 12.8. The summed E-state index contributed by atoms with van der Waals surface area (Å²) in [6, 6.07) is 0. The Kier molecular flexibility index (Phi) is 10.3. The molecular weight excluding hydrogens is 270 g/mol. The van der Waals surface area contributed by atoms with Gasteiger partial charge in [-0.1, -0.05) is 20.3 Å². The molecule has 0 rings (SSSR count). The van der Waals surface area contributed by atoms with E-state index in [0.717, 1.165) is 30.8 Å². The van der Waals surface area contributed by atoms with Crippen LogP contribution in [-0.4, -0.2) is 28.5 Å². The fourth-order valence-corrected chi connectivity index (χ4v) is 2.90. The normalized spacial score (nSPS) is 13.5. The maximum absolute atomic E-state index is 12.9. The van der Waals surface area contributed by atoms with Crippen molar-refractivity contribution in [2.75, 3.05) is 11.5 Å². The first-order valence-electron chi connectivity index (χ1n) is 7.11. The smallest absolute Gasteiger partial charge is 0.306 e. The van der Waals surface area contributed by atoms with Crippen LogP contribution in [0.25, 0.3) is 0 Å². The minimum absolute atomic E-state index is 0.0301. The Morgan fingerprint density at radius 3 is 2.42 bits per heavy atom. The Hall–Kier alpha value is -0.320. The standard InChI is InChI=1S/C14H26F2O2S/c1-3-7-12(13(17)18)8-11-19-10-6-5-9-14(15,16)4-2/h12H,3-11H2,1-2H3,(H,17,18). The molecule has 0 bridgehead atoms. The van der Waals surface area contributed by atoms with Crippen LogP contribution in [0, 0.1) is 5.92 Å². The maximum atomic E-state index is 12.9. The van der Waals surface area contributed by atoms with Gasteiger partial charge in [-0.25, -0.2) is 8.78 Å². The number of hydrogen-bond acceptors (Lipinski definition) is 2. The number of alkyl halides is 2. The monoisotopic (exact) mass is 296 g/mol. The SMILES string of the molecule is CCCC(CCSCCCCC(F)(F)CC)C(=O)O. The number of rotatable bonds is 12. The van der Waals surface area contributed by atoms with Crippen LogP contribution >= 0.6 is 11.8 Å². The minimum Gasteiger partial charge on any atom is -0.481 e. The Bertz CT molecular complexity index is 248. The average molecular weight is 296 g/mol. The minimum atomic E-state index is -2.51. The summed E-state index contributed by atoms with van der Waals surface area (Å²) in [5.74, 6) is -1.83. The van der Waals surface area contributed by atoms with Gasteiger partial charge in [-0.05, 0) is 37.2 Å². The van der Waals surface area contributed by atoms with E-state index in [4.69, 9.17) is 5.11 Å². The lowest BCUT2D eigenvalue weighted by Crippen LogP contribution is -2.14. The van der Waals surface area contributed by atoms with Crippen molar-refractivity contribution in [3.63, 3.8) is 0 Å². The first-order chi connectivity index (χ1) is 8.93. The van der Waals surface area contributed by atoms with Crippen molar-refractivity contribution in [3.05, 3.63) is 0 Å². The maximum Gasteiger partial charge on any atom is 0.306 e. The molecule has 0 amide bonds. The van der Waals surface area contributed by atoms with E-state index in [-0.39, 0.29) is 18.8 Å². The van der Waals surface area contributed by atoms with Gasteiger partial charge in [-0.2, -0.15) is 11.8 Å². The number of aliphatic carboxylic acids is 1. The summed E-state index contributed by atoms with van der Waals surface area (Å²) in [4.78, 5) is 10.9. The molecule has 0 aromatic carbocycles. The molecule has 5 heteroatoms.